The molecule has 1 saturated heterocycles. The summed E-state index contributed by atoms with van der Waals surface area (Å²) < 4.78 is 13.4. The number of hydrogen-bond acceptors (Lipinski definition) is 4. The van der Waals surface area contributed by atoms with Gasteiger partial charge >= 0.3 is 0 Å². The van der Waals surface area contributed by atoms with Crippen LogP contribution in [0.5, 0.6) is 0 Å². The molecule has 4 rings (SSSR count). The van der Waals surface area contributed by atoms with Crippen LogP contribution in [0, 0.1) is 22.7 Å². The number of carbonyl (C=O) groups excluding carboxylic acids is 1. The molecule has 1 fully saturated rings. The molecule has 2 aromatic rings. The van der Waals surface area contributed by atoms with Gasteiger partial charge in [0.1, 0.15) is 5.82 Å². The first-order chi connectivity index (χ1) is 11.6. The van der Waals surface area contributed by atoms with E-state index in [0.717, 1.165) is 16.8 Å². The Bertz CT molecular complexity index is 876. The van der Waals surface area contributed by atoms with Gasteiger partial charge < -0.3 is 10.2 Å². The van der Waals surface area contributed by atoms with Crippen LogP contribution < -0.4 is 5.32 Å². The van der Waals surface area contributed by atoms with Crippen molar-refractivity contribution < 1.29 is 9.18 Å². The molecule has 0 unspecified atom stereocenters. The number of amides is 1. The summed E-state index contributed by atoms with van der Waals surface area (Å²) >= 11 is 0. The molecule has 6 heteroatoms. The molecule has 2 aliphatic rings. The molecule has 1 aromatic heterocycles. The fourth-order valence-electron chi connectivity index (χ4n) is 3.51. The van der Waals surface area contributed by atoms with Crippen LogP contribution >= 0.6 is 0 Å². The van der Waals surface area contributed by atoms with Crippen molar-refractivity contribution in [3.05, 3.63) is 48.0 Å². The minimum absolute atomic E-state index is 0.0639. The maximum absolute atomic E-state index is 13.4. The molecule has 1 aromatic carbocycles. The van der Waals surface area contributed by atoms with E-state index >= 15 is 0 Å². The number of likely N-dealkylation sites (tertiary alicyclic amines) is 1. The first kappa shape index (κ1) is 14.6. The number of pyridine rings is 1. The van der Waals surface area contributed by atoms with Crippen LogP contribution in [0.1, 0.15) is 12.1 Å². The Morgan fingerprint density at radius 3 is 2.96 bits per heavy atom. The molecule has 0 saturated carbocycles. The minimum atomic E-state index is -0.573. The number of hydrogen-bond donors (Lipinski definition) is 1. The van der Waals surface area contributed by atoms with Gasteiger partial charge in [-0.05, 0) is 30.2 Å². The topological polar surface area (TPSA) is 69.0 Å². The highest BCUT2D eigenvalue weighted by Crippen LogP contribution is 2.40. The maximum atomic E-state index is 13.4. The smallest absolute Gasteiger partial charge is 0.232 e. The number of carbonyl (C=O) groups is 1. The van der Waals surface area contributed by atoms with Gasteiger partial charge in [-0.15, -0.1) is 0 Å². The minimum Gasteiger partial charge on any atom is -0.324 e. The van der Waals surface area contributed by atoms with Crippen molar-refractivity contribution in [2.75, 3.05) is 18.4 Å². The molecule has 120 valence electrons. The third-order valence-electron chi connectivity index (χ3n) is 4.86. The number of nitriles is 1. The van der Waals surface area contributed by atoms with Gasteiger partial charge in [-0.25, -0.2) is 4.39 Å². The fraction of sp³-hybridized carbons (Fsp3) is 0.278. The second kappa shape index (κ2) is 5.31. The first-order valence-electron chi connectivity index (χ1n) is 7.81. The van der Waals surface area contributed by atoms with E-state index in [1.807, 2.05) is 6.07 Å². The van der Waals surface area contributed by atoms with Crippen LogP contribution in [0.2, 0.25) is 0 Å². The van der Waals surface area contributed by atoms with Crippen molar-refractivity contribution in [1.29, 1.82) is 5.26 Å². The van der Waals surface area contributed by atoms with E-state index in [9.17, 15) is 9.18 Å². The Hall–Kier alpha value is -2.94. The van der Waals surface area contributed by atoms with Crippen molar-refractivity contribution in [2.45, 2.75) is 12.8 Å². The molecule has 1 N–H and O–H groups in total. The highest BCUT2D eigenvalue weighted by atomic mass is 19.1. The Morgan fingerprint density at radius 2 is 2.21 bits per heavy atom. The van der Waals surface area contributed by atoms with Crippen molar-refractivity contribution >= 4 is 11.6 Å². The van der Waals surface area contributed by atoms with E-state index in [0.29, 0.717) is 31.6 Å². The largest absolute Gasteiger partial charge is 0.324 e. The molecule has 3 heterocycles. The van der Waals surface area contributed by atoms with Gasteiger partial charge in [-0.3, -0.25) is 9.78 Å². The lowest BCUT2D eigenvalue weighted by molar-refractivity contribution is -0.125. The number of nitrogens with one attached hydrogen (secondary N) is 1. The summed E-state index contributed by atoms with van der Waals surface area (Å²) in [6.45, 7) is 1.03. The van der Waals surface area contributed by atoms with Crippen molar-refractivity contribution in [3.63, 3.8) is 0 Å². The van der Waals surface area contributed by atoms with Crippen LogP contribution in [0.3, 0.4) is 0 Å². The van der Waals surface area contributed by atoms with Gasteiger partial charge in [-0.2, -0.15) is 5.26 Å². The second-order valence-corrected chi connectivity index (χ2v) is 6.41. The molecule has 1 atom stereocenters. The average molecular weight is 322 g/mol. The predicted octanol–water partition coefficient (Wildman–Crippen LogP) is 2.56. The highest BCUT2D eigenvalue weighted by Gasteiger charge is 2.47. The number of aromatic nitrogens is 1. The van der Waals surface area contributed by atoms with E-state index in [1.54, 1.807) is 23.2 Å². The summed E-state index contributed by atoms with van der Waals surface area (Å²) in [5, 5.41) is 12.0. The van der Waals surface area contributed by atoms with E-state index in [2.05, 4.69) is 16.5 Å². The molecule has 1 spiro atoms. The molecule has 24 heavy (non-hydrogen) atoms. The molecule has 0 aliphatic carbocycles. The lowest BCUT2D eigenvalue weighted by Gasteiger charge is -2.32. The summed E-state index contributed by atoms with van der Waals surface area (Å²) in [4.78, 5) is 18.7. The van der Waals surface area contributed by atoms with Gasteiger partial charge in [0.05, 0.1) is 16.8 Å². The molecular weight excluding hydrogens is 307 g/mol. The van der Waals surface area contributed by atoms with Crippen molar-refractivity contribution in [2.24, 2.45) is 5.41 Å². The van der Waals surface area contributed by atoms with Crippen LogP contribution in [-0.2, 0) is 11.2 Å². The number of nitrogens with zero attached hydrogens (tertiary/aromatic N) is 3. The van der Waals surface area contributed by atoms with E-state index in [-0.39, 0.29) is 11.7 Å². The average Bonchev–Trinajstić information content (AvgIpc) is 3.00. The van der Waals surface area contributed by atoms with Gasteiger partial charge in [-0.1, -0.05) is 12.1 Å². The Morgan fingerprint density at radius 1 is 1.33 bits per heavy atom. The summed E-state index contributed by atoms with van der Waals surface area (Å²) in [5.74, 6) is -0.373. The molecule has 5 nitrogen and oxygen atoms in total. The third-order valence-corrected chi connectivity index (χ3v) is 4.86. The SMILES string of the molecule is N#CN1CC[C@]2(Cc3ncc(-c4cccc(F)c4)cc3NC2=O)C1. The zero-order valence-corrected chi connectivity index (χ0v) is 12.9. The molecule has 1 amide bonds. The number of halogens is 1. The lowest BCUT2D eigenvalue weighted by atomic mass is 9.78. The van der Waals surface area contributed by atoms with Crippen LogP contribution in [0.15, 0.2) is 36.5 Å². The Balaban J connectivity index is 1.68. The van der Waals surface area contributed by atoms with Crippen LogP contribution in [0.25, 0.3) is 11.1 Å². The molecule has 2 aliphatic heterocycles. The quantitative estimate of drug-likeness (QED) is 0.819. The predicted molar refractivity (Wildman–Crippen MR) is 86.2 cm³/mol. The van der Waals surface area contributed by atoms with Crippen molar-refractivity contribution in [3.8, 4) is 17.3 Å². The number of rotatable bonds is 1. The number of anilines is 1. The van der Waals surface area contributed by atoms with E-state index < -0.39 is 5.41 Å². The monoisotopic (exact) mass is 322 g/mol. The summed E-state index contributed by atoms with van der Waals surface area (Å²) in [7, 11) is 0. The first-order valence-corrected chi connectivity index (χ1v) is 7.81. The summed E-state index contributed by atoms with van der Waals surface area (Å²) in [6.07, 6.45) is 4.99. The molecule has 0 bridgehead atoms. The third kappa shape index (κ3) is 2.29. The normalized spacial score (nSPS) is 22.2. The van der Waals surface area contributed by atoms with E-state index in [1.165, 1.54) is 12.1 Å². The summed E-state index contributed by atoms with van der Waals surface area (Å²) in [5.41, 5.74) is 2.39. The Labute approximate surface area is 138 Å². The maximum Gasteiger partial charge on any atom is 0.232 e. The van der Waals surface area contributed by atoms with Gasteiger partial charge in [0.25, 0.3) is 0 Å². The Kier molecular flexibility index (Phi) is 3.24. The van der Waals surface area contributed by atoms with Gasteiger partial charge in [0, 0.05) is 31.3 Å². The lowest BCUT2D eigenvalue weighted by Crippen LogP contribution is -2.43. The standard InChI is InChI=1S/C18H15FN4O/c19-14-3-1-2-12(6-14)13-7-15-16(21-9-13)8-18(17(24)22-15)4-5-23(10-18)11-20/h1-3,6-7,9H,4-5,8,10H2,(H,22,24)/t18-/m0/s1. The van der Waals surface area contributed by atoms with Crippen LogP contribution in [0.4, 0.5) is 10.1 Å². The highest BCUT2D eigenvalue weighted by molar-refractivity contribution is 5.99. The van der Waals surface area contributed by atoms with E-state index in [4.69, 9.17) is 5.26 Å². The van der Waals surface area contributed by atoms with Crippen LogP contribution in [-0.4, -0.2) is 28.9 Å². The molecule has 0 radical (unpaired) electrons. The zero-order chi connectivity index (χ0) is 16.7. The van der Waals surface area contributed by atoms with Crippen molar-refractivity contribution in [1.82, 2.24) is 9.88 Å². The zero-order valence-electron chi connectivity index (χ0n) is 12.9. The number of benzene rings is 1. The number of fused-ring (bicyclic) bond motifs is 1. The second-order valence-electron chi connectivity index (χ2n) is 6.41. The molecular formula is C18H15FN4O. The van der Waals surface area contributed by atoms with Gasteiger partial charge in [0.2, 0.25) is 5.91 Å². The fourth-order valence-corrected chi connectivity index (χ4v) is 3.51. The summed E-state index contributed by atoms with van der Waals surface area (Å²) in [6, 6.07) is 8.12. The van der Waals surface area contributed by atoms with Gasteiger partial charge in [0.15, 0.2) is 6.19 Å².